The molecule has 2 nitrogen and oxygen atoms in total. The third-order valence-corrected chi connectivity index (χ3v) is 4.36. The van der Waals surface area contributed by atoms with Crippen LogP contribution in [0.1, 0.15) is 11.1 Å². The first-order chi connectivity index (χ1) is 10.3. The Hall–Kier alpha value is -1.58. The Morgan fingerprint density at radius 3 is 2.76 bits per heavy atom. The van der Waals surface area contributed by atoms with Crippen molar-refractivity contribution in [3.8, 4) is 5.75 Å². The maximum absolute atomic E-state index is 5.91. The van der Waals surface area contributed by atoms with Crippen LogP contribution in [0.3, 0.4) is 0 Å². The quantitative estimate of drug-likeness (QED) is 0.586. The molecule has 3 rings (SSSR count). The molecule has 0 aliphatic heterocycles. The zero-order chi connectivity index (χ0) is 14.7. The fourth-order valence-electron chi connectivity index (χ4n) is 2.19. The predicted molar refractivity (Wildman–Crippen MR) is 89.8 cm³/mol. The van der Waals surface area contributed by atoms with Gasteiger partial charge in [0.15, 0.2) is 0 Å². The Balaban J connectivity index is 1.83. The normalized spacial score (nSPS) is 10.8. The van der Waals surface area contributed by atoms with Crippen LogP contribution in [0, 0.1) is 0 Å². The van der Waals surface area contributed by atoms with Gasteiger partial charge in [-0.2, -0.15) is 0 Å². The van der Waals surface area contributed by atoms with Crippen molar-refractivity contribution in [2.45, 2.75) is 12.5 Å². The molecule has 3 aromatic rings. The number of hydrogen-bond donors (Lipinski definition) is 0. The van der Waals surface area contributed by atoms with Crippen LogP contribution in [0.2, 0.25) is 0 Å². The lowest BCUT2D eigenvalue weighted by Crippen LogP contribution is -1.97. The molecule has 2 aromatic carbocycles. The van der Waals surface area contributed by atoms with Crippen molar-refractivity contribution in [1.29, 1.82) is 0 Å². The lowest BCUT2D eigenvalue weighted by molar-refractivity contribution is 0.307. The molecule has 0 aliphatic carbocycles. The molecule has 0 fully saturated rings. The van der Waals surface area contributed by atoms with E-state index in [9.17, 15) is 0 Å². The van der Waals surface area contributed by atoms with E-state index in [1.165, 1.54) is 0 Å². The summed E-state index contributed by atoms with van der Waals surface area (Å²) in [7, 11) is 0. The van der Waals surface area contributed by atoms with Gasteiger partial charge in [-0.1, -0.05) is 34.1 Å². The first-order valence-corrected chi connectivity index (χ1v) is 7.90. The molecule has 0 saturated carbocycles. The number of benzene rings is 2. The molecule has 21 heavy (non-hydrogen) atoms. The Morgan fingerprint density at radius 2 is 1.90 bits per heavy atom. The second-order valence-corrected chi connectivity index (χ2v) is 5.78. The minimum absolute atomic E-state index is 0.454. The van der Waals surface area contributed by atoms with Gasteiger partial charge in [0.25, 0.3) is 0 Å². The molecule has 106 valence electrons. The smallest absolute Gasteiger partial charge is 0.120 e. The Bertz CT molecular complexity index is 770. The maximum atomic E-state index is 5.91. The van der Waals surface area contributed by atoms with Crippen LogP contribution in [0.5, 0.6) is 5.75 Å². The molecule has 0 unspecified atom stereocenters. The average molecular weight is 363 g/mol. The minimum atomic E-state index is 0.454. The van der Waals surface area contributed by atoms with Gasteiger partial charge >= 0.3 is 0 Å². The van der Waals surface area contributed by atoms with Crippen LogP contribution < -0.4 is 4.74 Å². The van der Waals surface area contributed by atoms with Gasteiger partial charge in [-0.25, -0.2) is 0 Å². The highest BCUT2D eigenvalue weighted by Crippen LogP contribution is 2.25. The number of nitrogens with zero attached hydrogens (tertiary/aromatic N) is 1. The zero-order valence-corrected chi connectivity index (χ0v) is 13.6. The molecule has 0 N–H and O–H groups in total. The van der Waals surface area contributed by atoms with Crippen LogP contribution in [-0.2, 0) is 12.5 Å². The van der Waals surface area contributed by atoms with Crippen LogP contribution in [0.15, 0.2) is 59.2 Å². The van der Waals surface area contributed by atoms with Crippen molar-refractivity contribution in [2.24, 2.45) is 0 Å². The summed E-state index contributed by atoms with van der Waals surface area (Å²) < 4.78 is 6.89. The summed E-state index contributed by atoms with van der Waals surface area (Å²) in [4.78, 5) is 4.36. The number of aromatic nitrogens is 1. The lowest BCUT2D eigenvalue weighted by Gasteiger charge is -2.10. The van der Waals surface area contributed by atoms with Crippen molar-refractivity contribution in [3.05, 3.63) is 70.3 Å². The van der Waals surface area contributed by atoms with E-state index in [2.05, 4.69) is 27.0 Å². The first-order valence-electron chi connectivity index (χ1n) is 6.58. The summed E-state index contributed by atoms with van der Waals surface area (Å²) in [5, 5.41) is 1.12. The molecule has 1 heterocycles. The van der Waals surface area contributed by atoms with Crippen molar-refractivity contribution >= 4 is 38.4 Å². The molecule has 0 aliphatic rings. The highest BCUT2D eigenvalue weighted by molar-refractivity contribution is 9.10. The topological polar surface area (TPSA) is 22.1 Å². The molecule has 0 bridgehead atoms. The molecule has 0 atom stereocenters. The standard InChI is InChI=1S/C17H13BrClNO/c18-16-6-5-14(9-13(16)10-19)21-11-12-7-8-20-17-4-2-1-3-15(12)17/h1-9H,10-11H2. The first kappa shape index (κ1) is 14.4. The van der Waals surface area contributed by atoms with E-state index in [1.807, 2.05) is 48.7 Å². The number of rotatable bonds is 4. The summed E-state index contributed by atoms with van der Waals surface area (Å²) in [5.41, 5.74) is 3.13. The number of fused-ring (bicyclic) bond motifs is 1. The fourth-order valence-corrected chi connectivity index (χ4v) is 2.95. The molecule has 0 spiro atoms. The SMILES string of the molecule is ClCc1cc(OCc2ccnc3ccccc23)ccc1Br. The second kappa shape index (κ2) is 6.46. The number of ether oxygens (including phenoxy) is 1. The number of hydrogen-bond acceptors (Lipinski definition) is 2. The van der Waals surface area contributed by atoms with E-state index in [1.54, 1.807) is 0 Å². The van der Waals surface area contributed by atoms with Gasteiger partial charge in [0.1, 0.15) is 12.4 Å². The largest absolute Gasteiger partial charge is 0.489 e. The van der Waals surface area contributed by atoms with Crippen molar-refractivity contribution in [3.63, 3.8) is 0 Å². The van der Waals surface area contributed by atoms with Crippen LogP contribution in [0.25, 0.3) is 10.9 Å². The lowest BCUT2D eigenvalue weighted by atomic mass is 10.1. The van der Waals surface area contributed by atoms with Gasteiger partial charge in [-0.05, 0) is 35.9 Å². The van der Waals surface area contributed by atoms with E-state index >= 15 is 0 Å². The summed E-state index contributed by atoms with van der Waals surface area (Å²) in [6.07, 6.45) is 1.81. The summed E-state index contributed by atoms with van der Waals surface area (Å²) in [6, 6.07) is 15.9. The molecule has 0 saturated heterocycles. The number of para-hydroxylation sites is 1. The maximum Gasteiger partial charge on any atom is 0.120 e. The third-order valence-electron chi connectivity index (χ3n) is 3.29. The van der Waals surface area contributed by atoms with E-state index in [-0.39, 0.29) is 0 Å². The van der Waals surface area contributed by atoms with Crippen LogP contribution >= 0.6 is 27.5 Å². The highest BCUT2D eigenvalue weighted by atomic mass is 79.9. The molecule has 1 aromatic heterocycles. The molecular weight excluding hydrogens is 350 g/mol. The number of pyridine rings is 1. The van der Waals surface area contributed by atoms with Crippen LogP contribution in [-0.4, -0.2) is 4.98 Å². The molecule has 0 amide bonds. The number of halogens is 2. The average Bonchev–Trinajstić information content (AvgIpc) is 2.54. The summed E-state index contributed by atoms with van der Waals surface area (Å²) in [5.74, 6) is 1.27. The van der Waals surface area contributed by atoms with Crippen LogP contribution in [0.4, 0.5) is 0 Å². The van der Waals surface area contributed by atoms with Gasteiger partial charge in [0, 0.05) is 27.5 Å². The molecule has 4 heteroatoms. The summed E-state index contributed by atoms with van der Waals surface area (Å²) >= 11 is 9.38. The monoisotopic (exact) mass is 361 g/mol. The fraction of sp³-hybridized carbons (Fsp3) is 0.118. The third kappa shape index (κ3) is 3.20. The Labute approximate surface area is 136 Å². The summed E-state index contributed by atoms with van der Waals surface area (Å²) in [6.45, 7) is 0.506. The van der Waals surface area contributed by atoms with Gasteiger partial charge < -0.3 is 4.74 Å². The second-order valence-electron chi connectivity index (χ2n) is 4.66. The van der Waals surface area contributed by atoms with Gasteiger partial charge in [-0.15, -0.1) is 11.6 Å². The van der Waals surface area contributed by atoms with E-state index in [0.717, 1.165) is 32.3 Å². The van der Waals surface area contributed by atoms with E-state index < -0.39 is 0 Å². The van der Waals surface area contributed by atoms with E-state index in [0.29, 0.717) is 12.5 Å². The Morgan fingerprint density at radius 1 is 1.05 bits per heavy atom. The van der Waals surface area contributed by atoms with Gasteiger partial charge in [-0.3, -0.25) is 4.98 Å². The number of alkyl halides is 1. The van der Waals surface area contributed by atoms with E-state index in [4.69, 9.17) is 16.3 Å². The molecular formula is C17H13BrClNO. The zero-order valence-electron chi connectivity index (χ0n) is 11.2. The predicted octanol–water partition coefficient (Wildman–Crippen LogP) is 5.32. The van der Waals surface area contributed by atoms with Crippen molar-refractivity contribution < 1.29 is 4.74 Å². The minimum Gasteiger partial charge on any atom is -0.489 e. The molecule has 0 radical (unpaired) electrons. The van der Waals surface area contributed by atoms with Crippen molar-refractivity contribution in [2.75, 3.05) is 0 Å². The van der Waals surface area contributed by atoms with Crippen molar-refractivity contribution in [1.82, 2.24) is 4.98 Å². The highest BCUT2D eigenvalue weighted by Gasteiger charge is 2.04. The van der Waals surface area contributed by atoms with Gasteiger partial charge in [0.05, 0.1) is 5.52 Å². The van der Waals surface area contributed by atoms with Gasteiger partial charge in [0.2, 0.25) is 0 Å². The Kier molecular flexibility index (Phi) is 4.42.